The number of rotatable bonds is 7. The predicted molar refractivity (Wildman–Crippen MR) is 107 cm³/mol. The number of nitrogens with one attached hydrogen (secondary N) is 3. The summed E-state index contributed by atoms with van der Waals surface area (Å²) in [7, 11) is 0. The summed E-state index contributed by atoms with van der Waals surface area (Å²) in [6, 6.07) is 12.5. The Morgan fingerprint density at radius 3 is 2.21 bits per heavy atom. The van der Waals surface area contributed by atoms with Gasteiger partial charge in [-0.25, -0.2) is 9.18 Å². The van der Waals surface area contributed by atoms with Gasteiger partial charge in [-0.1, -0.05) is 12.1 Å². The number of amides is 3. The highest BCUT2D eigenvalue weighted by Gasteiger charge is 2.29. The molecule has 150 valence electrons. The molecule has 0 radical (unpaired) electrons. The van der Waals surface area contributed by atoms with Gasteiger partial charge in [0.25, 0.3) is 5.91 Å². The zero-order valence-electron chi connectivity index (χ0n) is 16.5. The third kappa shape index (κ3) is 6.57. The van der Waals surface area contributed by atoms with Gasteiger partial charge >= 0.3 is 6.03 Å². The zero-order valence-corrected chi connectivity index (χ0v) is 16.5. The van der Waals surface area contributed by atoms with Crippen LogP contribution >= 0.6 is 0 Å². The molecule has 0 bridgehead atoms. The van der Waals surface area contributed by atoms with Crippen molar-refractivity contribution in [3.8, 4) is 5.75 Å². The van der Waals surface area contributed by atoms with Crippen molar-refractivity contribution in [3.05, 3.63) is 59.9 Å². The molecule has 7 heteroatoms. The van der Waals surface area contributed by atoms with E-state index in [0.717, 1.165) is 5.56 Å². The van der Waals surface area contributed by atoms with E-state index in [-0.39, 0.29) is 23.8 Å². The first kappa shape index (κ1) is 21.2. The number of halogens is 1. The quantitative estimate of drug-likeness (QED) is 0.676. The molecule has 0 aliphatic carbocycles. The summed E-state index contributed by atoms with van der Waals surface area (Å²) in [6.45, 7) is 7.37. The molecule has 0 aromatic heterocycles. The molecule has 2 aromatic carbocycles. The SMILES string of the molecule is CC(C)NC(=O)Nc1ccc(CNC(=O)C(C)(C)Oc2ccc(F)cc2)cc1. The lowest BCUT2D eigenvalue weighted by Gasteiger charge is -2.25. The van der Waals surface area contributed by atoms with E-state index in [0.29, 0.717) is 18.0 Å². The predicted octanol–water partition coefficient (Wildman–Crippen LogP) is 3.83. The molecule has 2 aromatic rings. The number of hydrogen-bond donors (Lipinski definition) is 3. The Balaban J connectivity index is 1.87. The Hall–Kier alpha value is -3.09. The van der Waals surface area contributed by atoms with Crippen LogP contribution in [0.1, 0.15) is 33.3 Å². The fraction of sp³-hybridized carbons (Fsp3) is 0.333. The molecule has 0 aliphatic rings. The Labute approximate surface area is 164 Å². The van der Waals surface area contributed by atoms with Crippen molar-refractivity contribution in [2.75, 3.05) is 5.32 Å². The molecule has 2 rings (SSSR count). The molecule has 0 atom stereocenters. The van der Waals surface area contributed by atoms with Crippen molar-refractivity contribution < 1.29 is 18.7 Å². The van der Waals surface area contributed by atoms with Crippen LogP contribution < -0.4 is 20.7 Å². The van der Waals surface area contributed by atoms with Gasteiger partial charge < -0.3 is 20.7 Å². The Kier molecular flexibility index (Phi) is 6.98. The van der Waals surface area contributed by atoms with E-state index in [1.165, 1.54) is 24.3 Å². The lowest BCUT2D eigenvalue weighted by Crippen LogP contribution is -2.46. The first-order chi connectivity index (χ1) is 13.2. The van der Waals surface area contributed by atoms with Gasteiger partial charge in [-0.05, 0) is 69.7 Å². The number of anilines is 1. The lowest BCUT2D eigenvalue weighted by atomic mass is 10.1. The topological polar surface area (TPSA) is 79.5 Å². The molecule has 0 spiro atoms. The van der Waals surface area contributed by atoms with Gasteiger partial charge in [-0.15, -0.1) is 0 Å². The summed E-state index contributed by atoms with van der Waals surface area (Å²) in [5, 5.41) is 8.30. The maximum absolute atomic E-state index is 13.0. The van der Waals surface area contributed by atoms with Crippen molar-refractivity contribution in [1.29, 1.82) is 0 Å². The number of hydrogen-bond acceptors (Lipinski definition) is 3. The highest BCUT2D eigenvalue weighted by atomic mass is 19.1. The van der Waals surface area contributed by atoms with E-state index in [1.807, 2.05) is 26.0 Å². The van der Waals surface area contributed by atoms with Crippen LogP contribution in [0.5, 0.6) is 5.75 Å². The van der Waals surface area contributed by atoms with E-state index in [2.05, 4.69) is 16.0 Å². The molecular formula is C21H26FN3O3. The molecule has 0 saturated carbocycles. The van der Waals surface area contributed by atoms with Gasteiger partial charge in [0.15, 0.2) is 5.60 Å². The number of carbonyl (C=O) groups excluding carboxylic acids is 2. The Bertz CT molecular complexity index is 803. The monoisotopic (exact) mass is 387 g/mol. The second kappa shape index (κ2) is 9.21. The fourth-order valence-electron chi connectivity index (χ4n) is 2.37. The van der Waals surface area contributed by atoms with Crippen LogP contribution in [0.2, 0.25) is 0 Å². The third-order valence-electron chi connectivity index (χ3n) is 3.82. The van der Waals surface area contributed by atoms with Crippen molar-refractivity contribution in [2.45, 2.75) is 45.9 Å². The third-order valence-corrected chi connectivity index (χ3v) is 3.82. The molecular weight excluding hydrogens is 361 g/mol. The second-order valence-corrected chi connectivity index (χ2v) is 7.20. The van der Waals surface area contributed by atoms with Crippen molar-refractivity contribution in [1.82, 2.24) is 10.6 Å². The minimum Gasteiger partial charge on any atom is -0.478 e. The zero-order chi connectivity index (χ0) is 20.7. The van der Waals surface area contributed by atoms with Crippen LogP contribution in [-0.2, 0) is 11.3 Å². The Morgan fingerprint density at radius 1 is 1.04 bits per heavy atom. The molecule has 0 unspecified atom stereocenters. The van der Waals surface area contributed by atoms with Gasteiger partial charge in [-0.2, -0.15) is 0 Å². The standard InChI is InChI=1S/C21H26FN3O3/c1-14(2)24-20(27)25-17-9-5-15(6-10-17)13-23-19(26)21(3,4)28-18-11-7-16(22)8-12-18/h5-12,14H,13H2,1-4H3,(H,23,26)(H2,24,25,27). The van der Waals surface area contributed by atoms with Crippen molar-refractivity contribution >= 4 is 17.6 Å². The summed E-state index contributed by atoms with van der Waals surface area (Å²) < 4.78 is 18.6. The summed E-state index contributed by atoms with van der Waals surface area (Å²) in [5.41, 5.74) is 0.419. The average Bonchev–Trinajstić information content (AvgIpc) is 2.62. The maximum Gasteiger partial charge on any atom is 0.319 e. The van der Waals surface area contributed by atoms with Crippen LogP contribution in [0.4, 0.5) is 14.9 Å². The van der Waals surface area contributed by atoms with Gasteiger partial charge in [0.1, 0.15) is 11.6 Å². The van der Waals surface area contributed by atoms with Gasteiger partial charge in [-0.3, -0.25) is 4.79 Å². The van der Waals surface area contributed by atoms with E-state index < -0.39 is 5.60 Å². The van der Waals surface area contributed by atoms with E-state index in [1.54, 1.807) is 26.0 Å². The summed E-state index contributed by atoms with van der Waals surface area (Å²) in [5.74, 6) is -0.249. The minimum absolute atomic E-state index is 0.0509. The molecule has 3 amide bonds. The molecule has 0 saturated heterocycles. The maximum atomic E-state index is 13.0. The summed E-state index contributed by atoms with van der Waals surface area (Å²) in [6.07, 6.45) is 0. The van der Waals surface area contributed by atoms with E-state index >= 15 is 0 Å². The normalized spacial score (nSPS) is 11.1. The smallest absolute Gasteiger partial charge is 0.319 e. The fourth-order valence-corrected chi connectivity index (χ4v) is 2.37. The van der Waals surface area contributed by atoms with Crippen LogP contribution in [0, 0.1) is 5.82 Å². The molecule has 28 heavy (non-hydrogen) atoms. The first-order valence-electron chi connectivity index (χ1n) is 9.05. The van der Waals surface area contributed by atoms with Crippen LogP contribution in [0.3, 0.4) is 0 Å². The van der Waals surface area contributed by atoms with E-state index in [4.69, 9.17) is 4.74 Å². The van der Waals surface area contributed by atoms with Gasteiger partial charge in [0.05, 0.1) is 0 Å². The first-order valence-corrected chi connectivity index (χ1v) is 9.05. The summed E-state index contributed by atoms with van der Waals surface area (Å²) in [4.78, 5) is 24.1. The minimum atomic E-state index is -1.12. The lowest BCUT2D eigenvalue weighted by molar-refractivity contribution is -0.134. The molecule has 0 heterocycles. The average molecular weight is 387 g/mol. The Morgan fingerprint density at radius 2 is 1.64 bits per heavy atom. The van der Waals surface area contributed by atoms with Crippen molar-refractivity contribution in [2.24, 2.45) is 0 Å². The number of ether oxygens (including phenoxy) is 1. The summed E-state index contributed by atoms with van der Waals surface area (Å²) >= 11 is 0. The molecule has 3 N–H and O–H groups in total. The highest BCUT2D eigenvalue weighted by Crippen LogP contribution is 2.19. The number of carbonyl (C=O) groups is 2. The molecule has 0 fully saturated rings. The second-order valence-electron chi connectivity index (χ2n) is 7.20. The number of urea groups is 1. The largest absolute Gasteiger partial charge is 0.478 e. The van der Waals surface area contributed by atoms with Gasteiger partial charge in [0, 0.05) is 18.3 Å². The van der Waals surface area contributed by atoms with Crippen molar-refractivity contribution in [3.63, 3.8) is 0 Å². The van der Waals surface area contributed by atoms with Crippen LogP contribution in [-0.4, -0.2) is 23.6 Å². The van der Waals surface area contributed by atoms with Crippen LogP contribution in [0.25, 0.3) is 0 Å². The number of benzene rings is 2. The highest BCUT2D eigenvalue weighted by molar-refractivity contribution is 5.89. The van der Waals surface area contributed by atoms with E-state index in [9.17, 15) is 14.0 Å². The molecule has 0 aliphatic heterocycles. The van der Waals surface area contributed by atoms with Gasteiger partial charge in [0.2, 0.25) is 0 Å². The van der Waals surface area contributed by atoms with Crippen LogP contribution in [0.15, 0.2) is 48.5 Å². The molecule has 6 nitrogen and oxygen atoms in total.